The SMILES string of the molecule is CCCCCCCCCCCCOC(=O)CCN(CCCCCC(=O)OC[C@@H]1O[C@H](n2c(=O)[nH]c3c(=O)[nH]c(N)nc32)C(O)C1O)CCCN(CCC(=O)OCCCCCCCCCCCC)CCC(=O)OCCCCCCCCCCCC. The van der Waals surface area contributed by atoms with Crippen LogP contribution in [0.1, 0.15) is 271 Å². The third kappa shape index (κ3) is 33.5. The fraction of sp³-hybridized carbons (Fsp3) is 0.859. The molecule has 1 fully saturated rings. The minimum absolute atomic E-state index is 0.0896. The summed E-state index contributed by atoms with van der Waals surface area (Å²) in [6.45, 7) is 10.9. The van der Waals surface area contributed by atoms with Crippen molar-refractivity contribution in [1.82, 2.24) is 29.3 Å². The van der Waals surface area contributed by atoms with E-state index in [1.807, 2.05) is 0 Å². The number of anilines is 1. The molecule has 2 aromatic heterocycles. The van der Waals surface area contributed by atoms with Crippen molar-refractivity contribution in [3.05, 3.63) is 20.8 Å². The van der Waals surface area contributed by atoms with Gasteiger partial charge in [-0.15, -0.1) is 0 Å². The zero-order chi connectivity index (χ0) is 60.8. The number of carbonyl (C=O) groups is 4. The molecule has 1 aliphatic rings. The van der Waals surface area contributed by atoms with Crippen LogP contribution in [0, 0.1) is 0 Å². The van der Waals surface area contributed by atoms with Gasteiger partial charge >= 0.3 is 29.6 Å². The Morgan fingerprint density at radius 2 is 0.845 bits per heavy atom. The summed E-state index contributed by atoms with van der Waals surface area (Å²) < 4.78 is 29.1. The second-order valence-corrected chi connectivity index (χ2v) is 23.5. The fourth-order valence-corrected chi connectivity index (χ4v) is 10.9. The van der Waals surface area contributed by atoms with Gasteiger partial charge in [-0.2, -0.15) is 4.98 Å². The third-order valence-corrected chi connectivity index (χ3v) is 16.1. The largest absolute Gasteiger partial charge is 0.466 e. The van der Waals surface area contributed by atoms with E-state index in [2.05, 4.69) is 45.5 Å². The Labute approximate surface area is 503 Å². The van der Waals surface area contributed by atoms with Crippen molar-refractivity contribution < 1.29 is 53.1 Å². The Hall–Kier alpha value is -4.37. The summed E-state index contributed by atoms with van der Waals surface area (Å²) in [5.41, 5.74) is 3.84. The standard InChI is InChI=1S/C64H115N7O13/c1-4-7-10-13-16-19-22-25-28-34-48-80-54(73)39-45-69(42-33-31-32-38-53(72)83-51-52-58(76)59(77)62(84-52)71-60-57(66-64(71)79)61(78)68-63(65)67-60)43-37-44-70(46-40-55(74)81-49-35-29-26-23-20-17-14-11-8-5-2)47-41-56(75)82-50-36-30-27-24-21-18-15-12-9-6-3/h52,58-59,62,76-77H,4-51H2,1-3H3,(H,66,79)(H3,65,67,68,78)/t52-,58?,59?,62-/m0/s1. The molecule has 20 heteroatoms. The van der Waals surface area contributed by atoms with Crippen LogP contribution in [0.15, 0.2) is 9.59 Å². The van der Waals surface area contributed by atoms with Crippen molar-refractivity contribution in [2.75, 3.05) is 71.4 Å². The van der Waals surface area contributed by atoms with Crippen LogP contribution in [-0.4, -0.2) is 147 Å². The molecule has 2 aromatic rings. The molecule has 6 N–H and O–H groups in total. The Balaban J connectivity index is 1.51. The number of unbranched alkanes of at least 4 members (excludes halogenated alkanes) is 29. The monoisotopic (exact) mass is 1190 g/mol. The number of H-pyrrole nitrogens is 2. The van der Waals surface area contributed by atoms with Crippen LogP contribution in [0.5, 0.6) is 0 Å². The lowest BCUT2D eigenvalue weighted by Crippen LogP contribution is -2.35. The minimum Gasteiger partial charge on any atom is -0.466 e. The third-order valence-electron chi connectivity index (χ3n) is 16.1. The first kappa shape index (κ1) is 73.9. The minimum atomic E-state index is -1.61. The smallest absolute Gasteiger partial charge is 0.330 e. The summed E-state index contributed by atoms with van der Waals surface area (Å²) in [6, 6.07) is 0. The van der Waals surface area contributed by atoms with Gasteiger partial charge in [-0.3, -0.25) is 33.9 Å². The summed E-state index contributed by atoms with van der Waals surface area (Å²) in [5.74, 6) is -1.48. The number of hydrogen-bond donors (Lipinski definition) is 5. The van der Waals surface area contributed by atoms with E-state index in [4.69, 9.17) is 29.4 Å². The summed E-state index contributed by atoms with van der Waals surface area (Å²) in [4.78, 5) is 90.0. The summed E-state index contributed by atoms with van der Waals surface area (Å²) in [5, 5.41) is 21.6. The molecule has 4 atom stereocenters. The molecule has 3 heterocycles. The summed E-state index contributed by atoms with van der Waals surface area (Å²) in [6.07, 6.45) is 33.8. The first-order valence-electron chi connectivity index (χ1n) is 33.5. The Bertz CT molecular complexity index is 2110. The van der Waals surface area contributed by atoms with E-state index in [0.717, 1.165) is 75.2 Å². The number of aromatic nitrogens is 4. The van der Waals surface area contributed by atoms with Gasteiger partial charge in [0.1, 0.15) is 24.9 Å². The predicted octanol–water partition coefficient (Wildman–Crippen LogP) is 11.3. The fourth-order valence-electron chi connectivity index (χ4n) is 10.9. The Morgan fingerprint density at radius 1 is 0.476 bits per heavy atom. The van der Waals surface area contributed by atoms with E-state index in [1.54, 1.807) is 0 Å². The maximum atomic E-state index is 13.0. The first-order valence-corrected chi connectivity index (χ1v) is 33.5. The van der Waals surface area contributed by atoms with E-state index < -0.39 is 41.8 Å². The highest BCUT2D eigenvalue weighted by Gasteiger charge is 2.46. The number of nitrogens with two attached hydrogens (primary N) is 1. The second-order valence-electron chi connectivity index (χ2n) is 23.5. The van der Waals surface area contributed by atoms with Crippen LogP contribution in [0.3, 0.4) is 0 Å². The number of rotatable bonds is 55. The van der Waals surface area contributed by atoms with Gasteiger partial charge in [-0.05, 0) is 58.2 Å². The molecule has 0 radical (unpaired) electrons. The number of aliphatic hydroxyl groups is 2. The van der Waals surface area contributed by atoms with Crippen LogP contribution >= 0.6 is 0 Å². The zero-order valence-electron chi connectivity index (χ0n) is 52.5. The molecule has 0 aromatic carbocycles. The van der Waals surface area contributed by atoms with Gasteiger partial charge in [-0.25, -0.2) is 9.36 Å². The normalized spacial score (nSPS) is 16.1. The van der Waals surface area contributed by atoms with Gasteiger partial charge in [0.2, 0.25) is 5.95 Å². The number of hydrogen-bond acceptors (Lipinski definition) is 17. The van der Waals surface area contributed by atoms with Crippen LogP contribution in [0.4, 0.5) is 5.95 Å². The lowest BCUT2D eigenvalue weighted by molar-refractivity contribution is -0.150. The highest BCUT2D eigenvalue weighted by atomic mass is 16.6. The Morgan fingerprint density at radius 3 is 1.27 bits per heavy atom. The maximum Gasteiger partial charge on any atom is 0.330 e. The number of nitrogens with one attached hydrogen (secondary N) is 2. The molecular weight excluding hydrogens is 1070 g/mol. The molecule has 0 bridgehead atoms. The number of nitrogen functional groups attached to an aromatic ring is 1. The molecule has 3 rings (SSSR count). The summed E-state index contributed by atoms with van der Waals surface area (Å²) >= 11 is 0. The number of fused-ring (bicyclic) bond motifs is 1. The number of ether oxygens (including phenoxy) is 5. The number of esters is 4. The molecule has 0 spiro atoms. The lowest BCUT2D eigenvalue weighted by atomic mass is 10.1. The first-order chi connectivity index (χ1) is 40.9. The van der Waals surface area contributed by atoms with E-state index in [0.29, 0.717) is 71.9 Å². The molecule has 84 heavy (non-hydrogen) atoms. The van der Waals surface area contributed by atoms with Crippen molar-refractivity contribution in [3.63, 3.8) is 0 Å². The van der Waals surface area contributed by atoms with E-state index in [-0.39, 0.29) is 67.3 Å². The van der Waals surface area contributed by atoms with Crippen LogP contribution in [-0.2, 0) is 42.9 Å². The quantitative estimate of drug-likeness (QED) is 0.0234. The zero-order valence-corrected chi connectivity index (χ0v) is 52.5. The van der Waals surface area contributed by atoms with Crippen LogP contribution < -0.4 is 17.0 Å². The second kappa shape index (κ2) is 47.7. The van der Waals surface area contributed by atoms with Crippen molar-refractivity contribution >= 4 is 41.0 Å². The van der Waals surface area contributed by atoms with Gasteiger partial charge in [0.25, 0.3) is 5.56 Å². The van der Waals surface area contributed by atoms with Gasteiger partial charge in [0.05, 0.1) is 39.1 Å². The number of aliphatic hydroxyl groups excluding tert-OH is 2. The van der Waals surface area contributed by atoms with E-state index in [1.165, 1.54) is 135 Å². The topological polar surface area (TPSA) is 271 Å². The van der Waals surface area contributed by atoms with Crippen molar-refractivity contribution in [2.45, 2.75) is 289 Å². The summed E-state index contributed by atoms with van der Waals surface area (Å²) in [7, 11) is 0. The number of imidazole rings is 1. The molecule has 2 unspecified atom stereocenters. The van der Waals surface area contributed by atoms with E-state index >= 15 is 0 Å². The van der Waals surface area contributed by atoms with Gasteiger partial charge < -0.3 is 49.4 Å². The molecule has 0 saturated carbocycles. The van der Waals surface area contributed by atoms with Crippen molar-refractivity contribution in [3.8, 4) is 0 Å². The molecule has 484 valence electrons. The van der Waals surface area contributed by atoms with E-state index in [9.17, 15) is 39.0 Å². The molecular formula is C64H115N7O13. The maximum absolute atomic E-state index is 13.0. The highest BCUT2D eigenvalue weighted by Crippen LogP contribution is 2.30. The number of carbonyl (C=O) groups excluding carboxylic acids is 4. The van der Waals surface area contributed by atoms with Gasteiger partial charge in [-0.1, -0.05) is 201 Å². The van der Waals surface area contributed by atoms with Crippen molar-refractivity contribution in [2.24, 2.45) is 0 Å². The molecule has 0 amide bonds. The van der Waals surface area contributed by atoms with Crippen molar-refractivity contribution in [1.29, 1.82) is 0 Å². The molecule has 1 saturated heterocycles. The lowest BCUT2D eigenvalue weighted by Gasteiger charge is -2.25. The van der Waals surface area contributed by atoms with Gasteiger partial charge in [0, 0.05) is 26.1 Å². The average molecular weight is 1190 g/mol. The Kier molecular flexibility index (Phi) is 42.0. The number of aromatic amines is 2. The van der Waals surface area contributed by atoms with Crippen LogP contribution in [0.25, 0.3) is 11.2 Å². The predicted molar refractivity (Wildman–Crippen MR) is 330 cm³/mol. The van der Waals surface area contributed by atoms with Gasteiger partial charge in [0.15, 0.2) is 17.4 Å². The molecule has 20 nitrogen and oxygen atoms in total. The molecule has 1 aliphatic heterocycles. The average Bonchev–Trinajstić information content (AvgIpc) is 2.01. The molecule has 0 aliphatic carbocycles. The van der Waals surface area contributed by atoms with Crippen LogP contribution in [0.2, 0.25) is 0 Å². The number of nitrogens with zero attached hydrogens (tertiary/aromatic N) is 4. The highest BCUT2D eigenvalue weighted by molar-refractivity contribution is 5.71.